The van der Waals surface area contributed by atoms with Crippen LogP contribution in [0.4, 0.5) is 0 Å². The highest BCUT2D eigenvalue weighted by atomic mass is 16.3. The number of aliphatic hydroxyl groups excluding tert-OH is 1. The number of hydrogen-bond acceptors (Lipinski definition) is 3. The molecule has 0 saturated heterocycles. The van der Waals surface area contributed by atoms with Gasteiger partial charge < -0.3 is 10.8 Å². The summed E-state index contributed by atoms with van der Waals surface area (Å²) in [5.41, 5.74) is 7.39. The lowest BCUT2D eigenvalue weighted by molar-refractivity contribution is 0.128. The monoisotopic (exact) mass is 232 g/mol. The molecule has 92 valence electrons. The van der Waals surface area contributed by atoms with Crippen LogP contribution in [0.2, 0.25) is 0 Å². The van der Waals surface area contributed by atoms with Crippen molar-refractivity contribution in [2.24, 2.45) is 11.7 Å². The zero-order valence-electron chi connectivity index (χ0n) is 10.4. The first-order chi connectivity index (χ1) is 8.04. The van der Waals surface area contributed by atoms with E-state index in [1.807, 2.05) is 6.07 Å². The second-order valence-corrected chi connectivity index (χ2v) is 4.80. The van der Waals surface area contributed by atoms with Crippen LogP contribution < -0.4 is 5.73 Å². The van der Waals surface area contributed by atoms with Gasteiger partial charge in [-0.2, -0.15) is 5.26 Å². The van der Waals surface area contributed by atoms with Crippen LogP contribution in [0, 0.1) is 17.2 Å². The van der Waals surface area contributed by atoms with Gasteiger partial charge in [-0.1, -0.05) is 26.0 Å². The first-order valence-corrected chi connectivity index (χ1v) is 5.98. The Morgan fingerprint density at radius 1 is 1.35 bits per heavy atom. The Kier molecular flexibility index (Phi) is 5.14. The molecule has 0 amide bonds. The van der Waals surface area contributed by atoms with Gasteiger partial charge in [-0.3, -0.25) is 0 Å². The van der Waals surface area contributed by atoms with Crippen molar-refractivity contribution in [2.45, 2.75) is 38.8 Å². The second kappa shape index (κ2) is 6.39. The first kappa shape index (κ1) is 13.7. The summed E-state index contributed by atoms with van der Waals surface area (Å²) in [5, 5.41) is 18.8. The molecule has 0 aliphatic heterocycles. The zero-order valence-corrected chi connectivity index (χ0v) is 10.4. The number of benzene rings is 1. The molecule has 17 heavy (non-hydrogen) atoms. The topological polar surface area (TPSA) is 70.0 Å². The third-order valence-electron chi connectivity index (χ3n) is 2.85. The Morgan fingerprint density at radius 2 is 2.06 bits per heavy atom. The van der Waals surface area contributed by atoms with E-state index in [0.29, 0.717) is 17.9 Å². The Morgan fingerprint density at radius 3 is 2.65 bits per heavy atom. The molecule has 0 aromatic heterocycles. The van der Waals surface area contributed by atoms with Gasteiger partial charge in [-0.25, -0.2) is 0 Å². The van der Waals surface area contributed by atoms with Crippen LogP contribution in [0.25, 0.3) is 0 Å². The van der Waals surface area contributed by atoms with Gasteiger partial charge in [-0.15, -0.1) is 0 Å². The van der Waals surface area contributed by atoms with E-state index in [-0.39, 0.29) is 0 Å². The fraction of sp³-hybridized carbons (Fsp3) is 0.500. The summed E-state index contributed by atoms with van der Waals surface area (Å²) in [5.74, 6) is 0.558. The summed E-state index contributed by atoms with van der Waals surface area (Å²) in [7, 11) is 0. The van der Waals surface area contributed by atoms with Crippen LogP contribution >= 0.6 is 0 Å². The fourth-order valence-electron chi connectivity index (χ4n) is 1.72. The third-order valence-corrected chi connectivity index (χ3v) is 2.85. The van der Waals surface area contributed by atoms with Crippen molar-refractivity contribution in [2.75, 3.05) is 0 Å². The minimum atomic E-state index is -0.550. The highest BCUT2D eigenvalue weighted by molar-refractivity contribution is 5.34. The predicted octanol–water partition coefficient (Wildman–Crippen LogP) is 2.36. The van der Waals surface area contributed by atoms with Crippen LogP contribution in [-0.4, -0.2) is 11.2 Å². The minimum Gasteiger partial charge on any atom is -0.391 e. The molecule has 0 aliphatic carbocycles. The van der Waals surface area contributed by atoms with E-state index in [0.717, 1.165) is 12.0 Å². The highest BCUT2D eigenvalue weighted by Gasteiger charge is 2.17. The molecule has 0 heterocycles. The van der Waals surface area contributed by atoms with Gasteiger partial charge in [0, 0.05) is 0 Å². The maximum atomic E-state index is 9.98. The average molecular weight is 232 g/mol. The molecule has 3 N–H and O–H groups in total. The maximum absolute atomic E-state index is 9.98. The summed E-state index contributed by atoms with van der Waals surface area (Å²) >= 11 is 0. The van der Waals surface area contributed by atoms with Gasteiger partial charge in [0.1, 0.15) is 0 Å². The van der Waals surface area contributed by atoms with Crippen LogP contribution in [0.5, 0.6) is 0 Å². The molecule has 0 fully saturated rings. The average Bonchev–Trinajstić information content (AvgIpc) is 2.35. The minimum absolute atomic E-state index is 0.415. The SMILES string of the molecule is CC(C)CC[C@H](O)[C@H](N)c1cccc(C#N)c1. The molecule has 2 atom stereocenters. The number of nitriles is 1. The number of rotatable bonds is 5. The molecule has 1 rings (SSSR count). The lowest BCUT2D eigenvalue weighted by Crippen LogP contribution is -2.26. The van der Waals surface area contributed by atoms with Gasteiger partial charge in [0.15, 0.2) is 0 Å². The summed E-state index contributed by atoms with van der Waals surface area (Å²) in [4.78, 5) is 0. The lowest BCUT2D eigenvalue weighted by atomic mass is 9.95. The van der Waals surface area contributed by atoms with Crippen molar-refractivity contribution in [3.63, 3.8) is 0 Å². The molecule has 0 radical (unpaired) electrons. The van der Waals surface area contributed by atoms with Crippen LogP contribution in [0.15, 0.2) is 24.3 Å². The Bertz CT molecular complexity index is 395. The molecule has 0 bridgehead atoms. The van der Waals surface area contributed by atoms with Crippen molar-refractivity contribution in [1.82, 2.24) is 0 Å². The standard InChI is InChI=1S/C14H20N2O/c1-10(2)6-7-13(17)14(16)12-5-3-4-11(8-12)9-15/h3-5,8,10,13-14,17H,6-7,16H2,1-2H3/t13-,14+/m0/s1. The summed E-state index contributed by atoms with van der Waals surface area (Å²) in [6.45, 7) is 4.24. The van der Waals surface area contributed by atoms with E-state index < -0.39 is 12.1 Å². The molecular formula is C14H20N2O. The number of aliphatic hydroxyl groups is 1. The van der Waals surface area contributed by atoms with Crippen molar-refractivity contribution < 1.29 is 5.11 Å². The van der Waals surface area contributed by atoms with Crippen LogP contribution in [-0.2, 0) is 0 Å². The van der Waals surface area contributed by atoms with Crippen molar-refractivity contribution >= 4 is 0 Å². The highest BCUT2D eigenvalue weighted by Crippen LogP contribution is 2.20. The quantitative estimate of drug-likeness (QED) is 0.818. The summed E-state index contributed by atoms with van der Waals surface area (Å²) < 4.78 is 0. The van der Waals surface area contributed by atoms with Crippen LogP contribution in [0.1, 0.15) is 43.9 Å². The normalized spacial score (nSPS) is 14.4. The molecule has 3 heteroatoms. The predicted molar refractivity (Wildman–Crippen MR) is 68.2 cm³/mol. The first-order valence-electron chi connectivity index (χ1n) is 5.98. The Balaban J connectivity index is 2.68. The molecule has 0 spiro atoms. The van der Waals surface area contributed by atoms with Crippen molar-refractivity contribution in [3.8, 4) is 6.07 Å². The molecule has 1 aromatic rings. The van der Waals surface area contributed by atoms with Crippen molar-refractivity contribution in [3.05, 3.63) is 35.4 Å². The van der Waals surface area contributed by atoms with E-state index in [2.05, 4.69) is 19.9 Å². The van der Waals surface area contributed by atoms with Gasteiger partial charge in [0.25, 0.3) is 0 Å². The Labute approximate surface area is 103 Å². The largest absolute Gasteiger partial charge is 0.391 e. The van der Waals surface area contributed by atoms with E-state index in [4.69, 9.17) is 11.0 Å². The van der Waals surface area contributed by atoms with E-state index in [1.165, 1.54) is 0 Å². The molecule has 0 aliphatic rings. The molecule has 1 aromatic carbocycles. The smallest absolute Gasteiger partial charge is 0.0991 e. The van der Waals surface area contributed by atoms with Gasteiger partial charge in [0.05, 0.1) is 23.8 Å². The fourth-order valence-corrected chi connectivity index (χ4v) is 1.72. The van der Waals surface area contributed by atoms with E-state index >= 15 is 0 Å². The number of nitrogens with zero attached hydrogens (tertiary/aromatic N) is 1. The Hall–Kier alpha value is -1.37. The van der Waals surface area contributed by atoms with Gasteiger partial charge >= 0.3 is 0 Å². The van der Waals surface area contributed by atoms with Gasteiger partial charge in [0.2, 0.25) is 0 Å². The maximum Gasteiger partial charge on any atom is 0.0991 e. The molecule has 3 nitrogen and oxygen atoms in total. The van der Waals surface area contributed by atoms with Crippen LogP contribution in [0.3, 0.4) is 0 Å². The third kappa shape index (κ3) is 4.18. The second-order valence-electron chi connectivity index (χ2n) is 4.80. The van der Waals surface area contributed by atoms with E-state index in [1.54, 1.807) is 18.2 Å². The van der Waals surface area contributed by atoms with Crippen molar-refractivity contribution in [1.29, 1.82) is 5.26 Å². The number of hydrogen-bond donors (Lipinski definition) is 2. The summed E-state index contributed by atoms with van der Waals surface area (Å²) in [6.07, 6.45) is 1.09. The van der Waals surface area contributed by atoms with Gasteiger partial charge in [-0.05, 0) is 36.5 Å². The zero-order chi connectivity index (χ0) is 12.8. The molecule has 0 saturated carbocycles. The summed E-state index contributed by atoms with van der Waals surface area (Å²) in [6, 6.07) is 8.78. The number of nitrogens with two attached hydrogens (primary N) is 1. The molecular weight excluding hydrogens is 212 g/mol. The molecule has 0 unspecified atom stereocenters. The van der Waals surface area contributed by atoms with E-state index in [9.17, 15) is 5.11 Å². The lowest BCUT2D eigenvalue weighted by Gasteiger charge is -2.20.